The molecule has 1 N–H and O–H groups in total. The molecule has 0 aliphatic carbocycles. The van der Waals surface area contributed by atoms with E-state index in [0.717, 1.165) is 66.7 Å². The Morgan fingerprint density at radius 1 is 1.15 bits per heavy atom. The van der Waals surface area contributed by atoms with Crippen molar-refractivity contribution in [2.75, 3.05) is 56.2 Å². The number of likely N-dealkylation sites (tertiary alicyclic amines) is 1. The van der Waals surface area contributed by atoms with Gasteiger partial charge in [-0.15, -0.1) is 0 Å². The van der Waals surface area contributed by atoms with Gasteiger partial charge in [-0.1, -0.05) is 35.9 Å². The van der Waals surface area contributed by atoms with Gasteiger partial charge in [-0.3, -0.25) is 4.79 Å². The summed E-state index contributed by atoms with van der Waals surface area (Å²) in [6.45, 7) is 4.17. The monoisotopic (exact) mass is 559 g/mol. The van der Waals surface area contributed by atoms with Gasteiger partial charge in [0.25, 0.3) is 5.91 Å². The van der Waals surface area contributed by atoms with Crippen molar-refractivity contribution >= 4 is 39.8 Å². The number of hydrogen-bond donors (Lipinski definition) is 1. The number of piperazine rings is 1. The first-order valence-corrected chi connectivity index (χ1v) is 14.5. The summed E-state index contributed by atoms with van der Waals surface area (Å²) in [5.74, 6) is 0.575. The van der Waals surface area contributed by atoms with E-state index in [0.29, 0.717) is 49.3 Å². The summed E-state index contributed by atoms with van der Waals surface area (Å²) < 4.78 is 6.20. The molecule has 2 atom stereocenters. The zero-order chi connectivity index (χ0) is 27.6. The normalized spacial score (nSPS) is 21.8. The molecule has 3 aliphatic rings. The van der Waals surface area contributed by atoms with E-state index in [4.69, 9.17) is 26.3 Å². The largest absolute Gasteiger partial charge is 0.462 e. The number of aromatic nitrogens is 2. The lowest BCUT2D eigenvalue weighted by molar-refractivity contribution is 0.0982. The fraction of sp³-hybridized carbons (Fsp3) is 0.467. The molecule has 10 heteroatoms. The summed E-state index contributed by atoms with van der Waals surface area (Å²) in [5, 5.41) is 15.2. The number of amides is 1. The van der Waals surface area contributed by atoms with Crippen LogP contribution in [-0.2, 0) is 6.42 Å². The highest BCUT2D eigenvalue weighted by Gasteiger charge is 2.33. The summed E-state index contributed by atoms with van der Waals surface area (Å²) in [5.41, 5.74) is 2.02. The highest BCUT2D eigenvalue weighted by atomic mass is 35.5. The van der Waals surface area contributed by atoms with Crippen molar-refractivity contribution in [2.24, 2.45) is 0 Å². The molecule has 3 aromatic rings. The lowest BCUT2D eigenvalue weighted by Gasteiger charge is -2.35. The molecule has 0 radical (unpaired) electrons. The average molecular weight is 560 g/mol. The van der Waals surface area contributed by atoms with Crippen molar-refractivity contribution < 1.29 is 9.53 Å². The Bertz CT molecular complexity index is 1450. The van der Waals surface area contributed by atoms with Crippen molar-refractivity contribution in [3.8, 4) is 12.1 Å². The second-order valence-corrected chi connectivity index (χ2v) is 11.3. The van der Waals surface area contributed by atoms with Crippen molar-refractivity contribution in [2.45, 2.75) is 44.2 Å². The Labute approximate surface area is 239 Å². The van der Waals surface area contributed by atoms with Gasteiger partial charge in [-0.2, -0.15) is 15.2 Å². The number of benzene rings is 2. The standard InChI is InChI=1S/C30H34ClN7O2/c1-36-15-4-8-22(36)19-40-30-34-27-23(28(35-30)37-17-14-33-21(18-37)12-13-32)9-5-16-38(29(27)39)25-11-3-7-20-6-2-10-24(31)26(20)25/h2-3,6-7,10-11,21-22,33H,4-5,8-9,12,14-19H2,1H3. The van der Waals surface area contributed by atoms with Crippen molar-refractivity contribution in [3.63, 3.8) is 0 Å². The Hall–Kier alpha value is -3.45. The predicted octanol–water partition coefficient (Wildman–Crippen LogP) is 4.04. The fourth-order valence-corrected chi connectivity index (χ4v) is 6.46. The molecule has 1 aromatic heterocycles. The summed E-state index contributed by atoms with van der Waals surface area (Å²) in [6.07, 6.45) is 4.05. The number of fused-ring (bicyclic) bond motifs is 2. The van der Waals surface area contributed by atoms with Gasteiger partial charge in [0, 0.05) is 49.2 Å². The van der Waals surface area contributed by atoms with E-state index < -0.39 is 0 Å². The highest BCUT2D eigenvalue weighted by molar-refractivity contribution is 6.37. The highest BCUT2D eigenvalue weighted by Crippen LogP contribution is 2.36. The maximum Gasteiger partial charge on any atom is 0.319 e. The van der Waals surface area contributed by atoms with Crippen LogP contribution < -0.4 is 19.9 Å². The van der Waals surface area contributed by atoms with Gasteiger partial charge < -0.3 is 24.8 Å². The van der Waals surface area contributed by atoms with Crippen LogP contribution in [0.3, 0.4) is 0 Å². The maximum absolute atomic E-state index is 14.3. The molecule has 0 spiro atoms. The van der Waals surface area contributed by atoms with Crippen LogP contribution in [0.15, 0.2) is 36.4 Å². The summed E-state index contributed by atoms with van der Waals surface area (Å²) in [7, 11) is 2.11. The second-order valence-electron chi connectivity index (χ2n) is 10.9. The van der Waals surface area contributed by atoms with Crippen molar-refractivity contribution in [3.05, 3.63) is 52.7 Å². The zero-order valence-corrected chi connectivity index (χ0v) is 23.5. The Kier molecular flexibility index (Phi) is 7.74. The Balaban J connectivity index is 1.40. The van der Waals surface area contributed by atoms with Crippen molar-refractivity contribution in [1.82, 2.24) is 20.2 Å². The minimum Gasteiger partial charge on any atom is -0.462 e. The molecule has 2 fully saturated rings. The van der Waals surface area contributed by atoms with Gasteiger partial charge in [-0.25, -0.2) is 0 Å². The SMILES string of the molecule is CN1CCCC1COc1nc2c(c(N3CCNC(CC#N)C3)n1)CCCN(c1cccc3cccc(Cl)c13)C2=O. The van der Waals surface area contributed by atoms with Crippen molar-refractivity contribution in [1.29, 1.82) is 5.26 Å². The van der Waals surface area contributed by atoms with Crippen LogP contribution in [0.5, 0.6) is 6.01 Å². The third kappa shape index (κ3) is 5.19. The molecular formula is C30H34ClN7O2. The first-order chi connectivity index (χ1) is 19.5. The van der Waals surface area contributed by atoms with Crippen LogP contribution in [0.4, 0.5) is 11.5 Å². The molecule has 208 valence electrons. The molecule has 40 heavy (non-hydrogen) atoms. The number of ether oxygens (including phenoxy) is 1. The minimum atomic E-state index is -0.171. The molecule has 0 bridgehead atoms. The van der Waals surface area contributed by atoms with Crippen LogP contribution in [0.1, 0.15) is 41.7 Å². The molecule has 4 heterocycles. The summed E-state index contributed by atoms with van der Waals surface area (Å²) >= 11 is 6.65. The van der Waals surface area contributed by atoms with E-state index >= 15 is 0 Å². The lowest BCUT2D eigenvalue weighted by atomic mass is 10.1. The molecule has 2 saturated heterocycles. The minimum absolute atomic E-state index is 0.0386. The van der Waals surface area contributed by atoms with Gasteiger partial charge in [0.15, 0.2) is 0 Å². The number of nitrogens with zero attached hydrogens (tertiary/aromatic N) is 6. The lowest BCUT2D eigenvalue weighted by Crippen LogP contribution is -2.51. The number of halogens is 1. The van der Waals surface area contributed by atoms with E-state index in [1.54, 1.807) is 0 Å². The third-order valence-corrected chi connectivity index (χ3v) is 8.63. The molecule has 2 aromatic carbocycles. The van der Waals surface area contributed by atoms with Gasteiger partial charge in [-0.05, 0) is 56.8 Å². The first-order valence-electron chi connectivity index (χ1n) is 14.1. The number of nitriles is 1. The first kappa shape index (κ1) is 26.8. The van der Waals surface area contributed by atoms with Crippen LogP contribution >= 0.6 is 11.6 Å². The quantitative estimate of drug-likeness (QED) is 0.483. The smallest absolute Gasteiger partial charge is 0.319 e. The average Bonchev–Trinajstić information content (AvgIpc) is 3.30. The van der Waals surface area contributed by atoms with Crippen LogP contribution in [0.2, 0.25) is 5.02 Å². The van der Waals surface area contributed by atoms with Gasteiger partial charge in [0.1, 0.15) is 18.1 Å². The number of rotatable bonds is 6. The molecular weight excluding hydrogens is 526 g/mol. The van der Waals surface area contributed by atoms with Gasteiger partial charge in [0.2, 0.25) is 0 Å². The summed E-state index contributed by atoms with van der Waals surface area (Å²) in [6, 6.07) is 14.6. The number of likely N-dealkylation sites (N-methyl/N-ethyl adjacent to an activating group) is 1. The van der Waals surface area contributed by atoms with Gasteiger partial charge >= 0.3 is 6.01 Å². The number of carbonyl (C=O) groups excluding carboxylic acids is 1. The van der Waals surface area contributed by atoms with E-state index in [-0.39, 0.29) is 18.0 Å². The summed E-state index contributed by atoms with van der Waals surface area (Å²) in [4.78, 5) is 30.3. The molecule has 9 nitrogen and oxygen atoms in total. The Morgan fingerprint density at radius 3 is 2.80 bits per heavy atom. The zero-order valence-electron chi connectivity index (χ0n) is 22.8. The molecule has 1 amide bonds. The van der Waals surface area contributed by atoms with E-state index in [9.17, 15) is 10.1 Å². The maximum atomic E-state index is 14.3. The molecule has 0 saturated carbocycles. The van der Waals surface area contributed by atoms with Crippen LogP contribution in [0.25, 0.3) is 10.8 Å². The number of nitrogens with one attached hydrogen (secondary N) is 1. The predicted molar refractivity (Wildman–Crippen MR) is 156 cm³/mol. The molecule has 3 aliphatic heterocycles. The molecule has 2 unspecified atom stereocenters. The second kappa shape index (κ2) is 11.6. The number of anilines is 2. The molecule has 6 rings (SSSR count). The van der Waals surface area contributed by atoms with E-state index in [1.807, 2.05) is 41.3 Å². The van der Waals surface area contributed by atoms with Gasteiger partial charge in [0.05, 0.1) is 23.2 Å². The van der Waals surface area contributed by atoms with Crippen LogP contribution in [0, 0.1) is 11.3 Å². The topological polar surface area (TPSA) is 97.6 Å². The third-order valence-electron chi connectivity index (χ3n) is 8.31. The Morgan fingerprint density at radius 2 is 2.00 bits per heavy atom. The number of hydrogen-bond acceptors (Lipinski definition) is 8. The van der Waals surface area contributed by atoms with E-state index in [2.05, 4.69) is 28.2 Å². The van der Waals surface area contributed by atoms with E-state index in [1.165, 1.54) is 0 Å². The fourth-order valence-electron chi connectivity index (χ4n) is 6.18. The number of carbonyl (C=O) groups is 1. The van der Waals surface area contributed by atoms with Crippen LogP contribution in [-0.4, -0.2) is 79.2 Å².